The molecule has 0 spiro atoms. The van der Waals surface area contributed by atoms with Crippen molar-refractivity contribution in [2.45, 2.75) is 71.0 Å². The lowest BCUT2D eigenvalue weighted by molar-refractivity contribution is -0.140. The van der Waals surface area contributed by atoms with E-state index in [-0.39, 0.29) is 23.4 Å². The number of rotatable bonds is 12. The van der Waals surface area contributed by atoms with Gasteiger partial charge in [0.15, 0.2) is 0 Å². The van der Waals surface area contributed by atoms with Crippen LogP contribution in [0.1, 0.15) is 50.3 Å². The van der Waals surface area contributed by atoms with E-state index in [9.17, 15) is 22.4 Å². The molecule has 0 unspecified atom stereocenters. The average molecular weight is 568 g/mol. The van der Waals surface area contributed by atoms with Crippen LogP contribution in [0.3, 0.4) is 0 Å². The zero-order valence-electron chi connectivity index (χ0n) is 23.7. The summed E-state index contributed by atoms with van der Waals surface area (Å²) in [7, 11) is -4.14. The third kappa shape index (κ3) is 7.27. The van der Waals surface area contributed by atoms with Crippen molar-refractivity contribution >= 4 is 27.5 Å². The van der Waals surface area contributed by atoms with Crippen molar-refractivity contribution in [2.24, 2.45) is 0 Å². The molecule has 2 amide bonds. The van der Waals surface area contributed by atoms with Gasteiger partial charge in [-0.05, 0) is 80.6 Å². The molecule has 0 fully saturated rings. The van der Waals surface area contributed by atoms with E-state index >= 15 is 0 Å². The fourth-order valence-corrected chi connectivity index (χ4v) is 5.88. The van der Waals surface area contributed by atoms with Gasteiger partial charge in [-0.2, -0.15) is 0 Å². The summed E-state index contributed by atoms with van der Waals surface area (Å²) in [5.41, 5.74) is 2.60. The third-order valence-electron chi connectivity index (χ3n) is 7.11. The highest BCUT2D eigenvalue weighted by Gasteiger charge is 2.34. The number of nitrogens with one attached hydrogen (secondary N) is 1. The van der Waals surface area contributed by atoms with Gasteiger partial charge in [0.25, 0.3) is 10.0 Å². The zero-order valence-corrected chi connectivity index (χ0v) is 24.5. The molecule has 0 radical (unpaired) electrons. The van der Waals surface area contributed by atoms with Crippen molar-refractivity contribution in [3.8, 4) is 0 Å². The van der Waals surface area contributed by atoms with Gasteiger partial charge in [0, 0.05) is 12.6 Å². The monoisotopic (exact) mass is 567 g/mol. The topological polar surface area (TPSA) is 86.8 Å². The molecular formula is C31H38FN3O4S. The minimum atomic E-state index is -4.14. The molecule has 3 rings (SSSR count). The first kappa shape index (κ1) is 30.8. The molecule has 0 aromatic heterocycles. The SMILES string of the molecule is CC[C@H](C)NC(=O)[C@H](CC)N(Cc1ccc(F)cc1)C(=O)CN(c1cccc(C)c1C)S(=O)(=O)c1ccccc1. The minimum absolute atomic E-state index is 0.0115. The molecule has 40 heavy (non-hydrogen) atoms. The van der Waals surface area contributed by atoms with Gasteiger partial charge in [-0.25, -0.2) is 12.8 Å². The van der Waals surface area contributed by atoms with Gasteiger partial charge >= 0.3 is 0 Å². The lowest BCUT2D eigenvalue weighted by Crippen LogP contribution is -2.53. The van der Waals surface area contributed by atoms with E-state index in [1.165, 1.54) is 29.2 Å². The van der Waals surface area contributed by atoms with E-state index < -0.39 is 34.3 Å². The van der Waals surface area contributed by atoms with Crippen LogP contribution in [0.2, 0.25) is 0 Å². The first-order valence-electron chi connectivity index (χ1n) is 13.5. The first-order chi connectivity index (χ1) is 19.0. The number of halogens is 1. The van der Waals surface area contributed by atoms with Crippen LogP contribution in [0.25, 0.3) is 0 Å². The fraction of sp³-hybridized carbons (Fsp3) is 0.355. The number of benzene rings is 3. The second-order valence-corrected chi connectivity index (χ2v) is 11.8. The minimum Gasteiger partial charge on any atom is -0.352 e. The quantitative estimate of drug-likeness (QED) is 0.319. The lowest BCUT2D eigenvalue weighted by Gasteiger charge is -2.34. The van der Waals surface area contributed by atoms with Gasteiger partial charge in [-0.15, -0.1) is 0 Å². The normalized spacial score (nSPS) is 12.8. The number of amides is 2. The Morgan fingerprint density at radius 1 is 0.900 bits per heavy atom. The van der Waals surface area contributed by atoms with E-state index in [1.54, 1.807) is 49.4 Å². The van der Waals surface area contributed by atoms with Crippen LogP contribution in [-0.2, 0) is 26.2 Å². The summed E-state index contributed by atoms with van der Waals surface area (Å²) in [6.45, 7) is 8.81. The maximum atomic E-state index is 14.1. The van der Waals surface area contributed by atoms with Crippen molar-refractivity contribution in [1.82, 2.24) is 10.2 Å². The summed E-state index contributed by atoms with van der Waals surface area (Å²) in [5.74, 6) is -1.29. The van der Waals surface area contributed by atoms with Gasteiger partial charge in [-0.1, -0.05) is 56.3 Å². The van der Waals surface area contributed by atoms with E-state index in [2.05, 4.69) is 5.32 Å². The van der Waals surface area contributed by atoms with Crippen LogP contribution in [0.5, 0.6) is 0 Å². The second-order valence-electron chi connectivity index (χ2n) is 9.93. The van der Waals surface area contributed by atoms with Gasteiger partial charge in [-0.3, -0.25) is 13.9 Å². The summed E-state index contributed by atoms with van der Waals surface area (Å²) >= 11 is 0. The van der Waals surface area contributed by atoms with E-state index in [0.29, 0.717) is 24.1 Å². The third-order valence-corrected chi connectivity index (χ3v) is 8.88. The Kier molecular flexibility index (Phi) is 10.5. The highest BCUT2D eigenvalue weighted by atomic mass is 32.2. The number of aryl methyl sites for hydroxylation is 1. The lowest BCUT2D eigenvalue weighted by atomic mass is 10.1. The van der Waals surface area contributed by atoms with E-state index in [4.69, 9.17) is 0 Å². The summed E-state index contributed by atoms with van der Waals surface area (Å²) in [6, 6.07) is 18.0. The molecule has 0 aliphatic carbocycles. The molecule has 1 N–H and O–H groups in total. The molecule has 214 valence electrons. The Morgan fingerprint density at radius 2 is 1.55 bits per heavy atom. The van der Waals surface area contributed by atoms with Crippen LogP contribution in [0, 0.1) is 19.7 Å². The smallest absolute Gasteiger partial charge is 0.264 e. The summed E-state index contributed by atoms with van der Waals surface area (Å²) in [4.78, 5) is 28.9. The molecule has 0 heterocycles. The van der Waals surface area contributed by atoms with Crippen LogP contribution in [0.15, 0.2) is 77.7 Å². The fourth-order valence-electron chi connectivity index (χ4n) is 4.39. The number of nitrogens with zero attached hydrogens (tertiary/aromatic N) is 2. The highest BCUT2D eigenvalue weighted by molar-refractivity contribution is 7.92. The van der Waals surface area contributed by atoms with E-state index in [1.807, 2.05) is 33.8 Å². The summed E-state index contributed by atoms with van der Waals surface area (Å²) < 4.78 is 42.6. The average Bonchev–Trinajstić information content (AvgIpc) is 2.94. The number of hydrogen-bond acceptors (Lipinski definition) is 4. The molecule has 0 bridgehead atoms. The Hall–Kier alpha value is -3.72. The van der Waals surface area contributed by atoms with Crippen LogP contribution < -0.4 is 9.62 Å². The number of hydrogen-bond donors (Lipinski definition) is 1. The van der Waals surface area contributed by atoms with Crippen LogP contribution >= 0.6 is 0 Å². The van der Waals surface area contributed by atoms with Crippen molar-refractivity contribution in [3.63, 3.8) is 0 Å². The standard InChI is InChI=1S/C31H38FN3O4S/c1-6-23(4)33-31(37)28(7-2)34(20-25-16-18-26(32)19-17-25)30(36)21-35(29-15-11-12-22(3)24(29)5)40(38,39)27-13-9-8-10-14-27/h8-19,23,28H,6-7,20-21H2,1-5H3,(H,33,37)/t23-,28-/m0/s1. The zero-order chi connectivity index (χ0) is 29.4. The Balaban J connectivity index is 2.08. The largest absolute Gasteiger partial charge is 0.352 e. The Labute approximate surface area is 237 Å². The number of anilines is 1. The molecule has 3 aromatic rings. The number of carbonyl (C=O) groups is 2. The predicted octanol–water partition coefficient (Wildman–Crippen LogP) is 5.36. The molecule has 0 saturated carbocycles. The predicted molar refractivity (Wildman–Crippen MR) is 156 cm³/mol. The van der Waals surface area contributed by atoms with Gasteiger partial charge in [0.2, 0.25) is 11.8 Å². The number of carbonyl (C=O) groups excluding carboxylic acids is 2. The summed E-state index contributed by atoms with van der Waals surface area (Å²) in [5, 5.41) is 2.94. The van der Waals surface area contributed by atoms with Crippen molar-refractivity contribution in [1.29, 1.82) is 0 Å². The molecule has 9 heteroatoms. The van der Waals surface area contributed by atoms with Crippen LogP contribution in [0.4, 0.5) is 10.1 Å². The first-order valence-corrected chi connectivity index (χ1v) is 14.9. The molecule has 7 nitrogen and oxygen atoms in total. The second kappa shape index (κ2) is 13.6. The highest BCUT2D eigenvalue weighted by Crippen LogP contribution is 2.29. The molecular weight excluding hydrogens is 529 g/mol. The molecule has 3 aromatic carbocycles. The molecule has 0 aliphatic rings. The van der Waals surface area contributed by atoms with Gasteiger partial charge in [0.05, 0.1) is 10.6 Å². The van der Waals surface area contributed by atoms with Crippen LogP contribution in [-0.4, -0.2) is 43.8 Å². The molecule has 0 saturated heterocycles. The van der Waals surface area contributed by atoms with Crippen molar-refractivity contribution < 1.29 is 22.4 Å². The van der Waals surface area contributed by atoms with Gasteiger partial charge < -0.3 is 10.2 Å². The maximum absolute atomic E-state index is 14.1. The number of sulfonamides is 1. The van der Waals surface area contributed by atoms with Gasteiger partial charge in [0.1, 0.15) is 18.4 Å². The van der Waals surface area contributed by atoms with Crippen molar-refractivity contribution in [3.05, 3.63) is 95.3 Å². The Morgan fingerprint density at radius 3 is 2.15 bits per heavy atom. The maximum Gasteiger partial charge on any atom is 0.264 e. The molecule has 0 aliphatic heterocycles. The Bertz CT molecular complexity index is 1410. The van der Waals surface area contributed by atoms with E-state index in [0.717, 1.165) is 15.4 Å². The summed E-state index contributed by atoms with van der Waals surface area (Å²) in [6.07, 6.45) is 1.02. The molecule has 2 atom stereocenters. The van der Waals surface area contributed by atoms with Crippen molar-refractivity contribution in [2.75, 3.05) is 10.8 Å².